The van der Waals surface area contributed by atoms with E-state index in [-0.39, 0.29) is 6.01 Å². The second kappa shape index (κ2) is 4.13. The summed E-state index contributed by atoms with van der Waals surface area (Å²) in [6.45, 7) is 2.32. The zero-order valence-corrected chi connectivity index (χ0v) is 9.60. The predicted octanol–water partition coefficient (Wildman–Crippen LogP) is 2.52. The molecule has 1 aliphatic rings. The molecule has 4 heteroatoms. The van der Waals surface area contributed by atoms with Gasteiger partial charge in [0, 0.05) is 24.3 Å². The molecule has 1 saturated heterocycles. The van der Waals surface area contributed by atoms with Gasteiger partial charge in [0.25, 0.3) is 6.01 Å². The van der Waals surface area contributed by atoms with Crippen molar-refractivity contribution in [2.24, 2.45) is 0 Å². The van der Waals surface area contributed by atoms with Crippen molar-refractivity contribution in [2.75, 3.05) is 23.7 Å². The third-order valence-electron chi connectivity index (χ3n) is 3.15. The molecule has 1 fully saturated rings. The molecular formula is C13H15N3O. The van der Waals surface area contributed by atoms with Crippen LogP contribution in [0.2, 0.25) is 0 Å². The van der Waals surface area contributed by atoms with Crippen LogP contribution in [-0.2, 0) is 0 Å². The SMILES string of the molecule is Nc1ncc(-c2ccc(N3CCCC3)cc2)o1. The number of rotatable bonds is 2. The molecule has 1 aromatic carbocycles. The Morgan fingerprint density at radius 1 is 1.12 bits per heavy atom. The normalized spacial score (nSPS) is 15.4. The molecule has 2 aromatic rings. The molecule has 2 heterocycles. The van der Waals surface area contributed by atoms with Gasteiger partial charge in [0.1, 0.15) is 0 Å². The lowest BCUT2D eigenvalue weighted by atomic mass is 10.1. The summed E-state index contributed by atoms with van der Waals surface area (Å²) in [6, 6.07) is 8.56. The Kier molecular flexibility index (Phi) is 2.48. The number of nitrogen functional groups attached to an aromatic ring is 1. The summed E-state index contributed by atoms with van der Waals surface area (Å²) in [4.78, 5) is 6.29. The first-order chi connectivity index (χ1) is 8.33. The van der Waals surface area contributed by atoms with Gasteiger partial charge in [0.2, 0.25) is 0 Å². The Hall–Kier alpha value is -1.97. The number of nitrogens with two attached hydrogens (primary N) is 1. The van der Waals surface area contributed by atoms with E-state index >= 15 is 0 Å². The topological polar surface area (TPSA) is 55.3 Å². The maximum absolute atomic E-state index is 5.46. The highest BCUT2D eigenvalue weighted by Gasteiger charge is 2.12. The summed E-state index contributed by atoms with van der Waals surface area (Å²) in [7, 11) is 0. The van der Waals surface area contributed by atoms with Gasteiger partial charge in [-0.1, -0.05) is 0 Å². The van der Waals surface area contributed by atoms with Crippen molar-refractivity contribution in [3.63, 3.8) is 0 Å². The summed E-state index contributed by atoms with van der Waals surface area (Å²) in [6.07, 6.45) is 4.24. The van der Waals surface area contributed by atoms with E-state index in [4.69, 9.17) is 10.2 Å². The Labute approximate surface area is 100 Å². The number of hydrogen-bond acceptors (Lipinski definition) is 4. The number of aromatic nitrogens is 1. The Morgan fingerprint density at radius 2 is 1.82 bits per heavy atom. The molecule has 88 valence electrons. The van der Waals surface area contributed by atoms with Crippen LogP contribution in [0.1, 0.15) is 12.8 Å². The Morgan fingerprint density at radius 3 is 2.41 bits per heavy atom. The number of oxazole rings is 1. The van der Waals surface area contributed by atoms with Crippen LogP contribution < -0.4 is 10.6 Å². The van der Waals surface area contributed by atoms with Gasteiger partial charge in [-0.25, -0.2) is 4.98 Å². The molecule has 0 amide bonds. The highest BCUT2D eigenvalue weighted by molar-refractivity contribution is 5.62. The third-order valence-corrected chi connectivity index (χ3v) is 3.15. The van der Waals surface area contributed by atoms with Gasteiger partial charge in [-0.05, 0) is 37.1 Å². The fourth-order valence-corrected chi connectivity index (χ4v) is 2.23. The van der Waals surface area contributed by atoms with E-state index < -0.39 is 0 Å². The van der Waals surface area contributed by atoms with Crippen LogP contribution in [0.5, 0.6) is 0 Å². The van der Waals surface area contributed by atoms with Gasteiger partial charge in [-0.3, -0.25) is 0 Å². The lowest BCUT2D eigenvalue weighted by Gasteiger charge is -2.17. The summed E-state index contributed by atoms with van der Waals surface area (Å²) in [5, 5.41) is 0. The van der Waals surface area contributed by atoms with E-state index in [1.165, 1.54) is 18.5 Å². The number of benzene rings is 1. The standard InChI is InChI=1S/C13H15N3O/c14-13-15-9-12(17-13)10-3-5-11(6-4-10)16-7-1-2-8-16/h3-6,9H,1-2,7-8H2,(H2,14,15). The quantitative estimate of drug-likeness (QED) is 0.859. The molecule has 1 aromatic heterocycles. The van der Waals surface area contributed by atoms with Crippen molar-refractivity contribution in [3.05, 3.63) is 30.5 Å². The van der Waals surface area contributed by atoms with Crippen LogP contribution in [-0.4, -0.2) is 18.1 Å². The molecule has 0 radical (unpaired) electrons. The fourth-order valence-electron chi connectivity index (χ4n) is 2.23. The molecule has 4 nitrogen and oxygen atoms in total. The fraction of sp³-hybridized carbons (Fsp3) is 0.308. The molecule has 3 rings (SSSR count). The van der Waals surface area contributed by atoms with Crippen LogP contribution >= 0.6 is 0 Å². The minimum Gasteiger partial charge on any atom is -0.424 e. The van der Waals surface area contributed by atoms with E-state index in [1.807, 2.05) is 12.1 Å². The lowest BCUT2D eigenvalue weighted by molar-refractivity contribution is 0.595. The summed E-state index contributed by atoms with van der Waals surface area (Å²) in [5.41, 5.74) is 7.75. The van der Waals surface area contributed by atoms with E-state index in [0.29, 0.717) is 0 Å². The Balaban J connectivity index is 1.84. The molecular weight excluding hydrogens is 214 g/mol. The number of hydrogen-bond donors (Lipinski definition) is 1. The predicted molar refractivity (Wildman–Crippen MR) is 67.8 cm³/mol. The van der Waals surface area contributed by atoms with Crippen LogP contribution in [0, 0.1) is 0 Å². The minimum atomic E-state index is 0.212. The van der Waals surface area contributed by atoms with Crippen molar-refractivity contribution in [2.45, 2.75) is 12.8 Å². The Bertz CT molecular complexity index is 498. The first-order valence-corrected chi connectivity index (χ1v) is 5.89. The molecule has 1 aliphatic heterocycles. The smallest absolute Gasteiger partial charge is 0.292 e. The van der Waals surface area contributed by atoms with Gasteiger partial charge in [0.15, 0.2) is 5.76 Å². The van der Waals surface area contributed by atoms with Crippen molar-refractivity contribution in [3.8, 4) is 11.3 Å². The molecule has 2 N–H and O–H groups in total. The molecule has 0 spiro atoms. The molecule has 0 bridgehead atoms. The first-order valence-electron chi connectivity index (χ1n) is 5.89. The van der Waals surface area contributed by atoms with Gasteiger partial charge >= 0.3 is 0 Å². The highest BCUT2D eigenvalue weighted by Crippen LogP contribution is 2.26. The third kappa shape index (κ3) is 1.98. The highest BCUT2D eigenvalue weighted by atomic mass is 16.4. The largest absolute Gasteiger partial charge is 0.424 e. The van der Waals surface area contributed by atoms with Crippen molar-refractivity contribution < 1.29 is 4.42 Å². The van der Waals surface area contributed by atoms with E-state index in [9.17, 15) is 0 Å². The summed E-state index contributed by atoms with van der Waals surface area (Å²) < 4.78 is 5.29. The zero-order valence-electron chi connectivity index (χ0n) is 9.60. The minimum absolute atomic E-state index is 0.212. The van der Waals surface area contributed by atoms with Gasteiger partial charge in [0.05, 0.1) is 6.20 Å². The molecule has 17 heavy (non-hydrogen) atoms. The maximum Gasteiger partial charge on any atom is 0.292 e. The van der Waals surface area contributed by atoms with Crippen molar-refractivity contribution >= 4 is 11.7 Å². The summed E-state index contributed by atoms with van der Waals surface area (Å²) in [5.74, 6) is 0.718. The lowest BCUT2D eigenvalue weighted by Crippen LogP contribution is -2.17. The number of nitrogens with zero attached hydrogens (tertiary/aromatic N) is 2. The molecule has 0 aliphatic carbocycles. The van der Waals surface area contributed by atoms with Crippen molar-refractivity contribution in [1.29, 1.82) is 0 Å². The van der Waals surface area contributed by atoms with Crippen LogP contribution in [0.3, 0.4) is 0 Å². The first kappa shape index (κ1) is 10.2. The second-order valence-corrected chi connectivity index (χ2v) is 4.30. The summed E-state index contributed by atoms with van der Waals surface area (Å²) >= 11 is 0. The van der Waals surface area contributed by atoms with E-state index in [0.717, 1.165) is 24.4 Å². The monoisotopic (exact) mass is 229 g/mol. The number of anilines is 2. The average molecular weight is 229 g/mol. The van der Waals surface area contributed by atoms with E-state index in [1.54, 1.807) is 6.20 Å². The van der Waals surface area contributed by atoms with Gasteiger partial charge in [-0.2, -0.15) is 0 Å². The molecule has 0 atom stereocenters. The van der Waals surface area contributed by atoms with Crippen LogP contribution in [0.15, 0.2) is 34.9 Å². The molecule has 0 unspecified atom stereocenters. The van der Waals surface area contributed by atoms with Crippen LogP contribution in [0.25, 0.3) is 11.3 Å². The van der Waals surface area contributed by atoms with Gasteiger partial charge in [-0.15, -0.1) is 0 Å². The zero-order chi connectivity index (χ0) is 11.7. The maximum atomic E-state index is 5.46. The van der Waals surface area contributed by atoms with E-state index in [2.05, 4.69) is 22.0 Å². The second-order valence-electron chi connectivity index (χ2n) is 4.30. The molecule has 0 saturated carbocycles. The van der Waals surface area contributed by atoms with Crippen molar-refractivity contribution in [1.82, 2.24) is 4.98 Å². The van der Waals surface area contributed by atoms with Gasteiger partial charge < -0.3 is 15.1 Å². The van der Waals surface area contributed by atoms with Crippen LogP contribution in [0.4, 0.5) is 11.7 Å². The average Bonchev–Trinajstić information content (AvgIpc) is 3.00.